The Labute approximate surface area is 183 Å². The number of nitrogens with zero attached hydrogens (tertiary/aromatic N) is 3. The second-order valence-corrected chi connectivity index (χ2v) is 9.20. The lowest BCUT2D eigenvalue weighted by Gasteiger charge is -2.12. The van der Waals surface area contributed by atoms with E-state index in [2.05, 4.69) is 20.8 Å². The van der Waals surface area contributed by atoms with Crippen molar-refractivity contribution in [3.8, 4) is 0 Å². The van der Waals surface area contributed by atoms with Crippen LogP contribution in [0.2, 0.25) is 5.02 Å². The highest BCUT2D eigenvalue weighted by molar-refractivity contribution is 8.01. The van der Waals surface area contributed by atoms with Crippen LogP contribution < -0.4 is 15.5 Å². The summed E-state index contributed by atoms with van der Waals surface area (Å²) >= 11 is 8.91. The van der Waals surface area contributed by atoms with Crippen molar-refractivity contribution in [3.05, 3.63) is 58.6 Å². The molecule has 3 aromatic rings. The molecule has 0 aliphatic rings. The number of aromatic nitrogens is 2. The van der Waals surface area contributed by atoms with E-state index in [1.165, 1.54) is 23.1 Å². The molecular formula is C20H22ClN5OS2. The van der Waals surface area contributed by atoms with Gasteiger partial charge in [-0.15, -0.1) is 10.2 Å². The lowest BCUT2D eigenvalue weighted by molar-refractivity contribution is -0.118. The van der Waals surface area contributed by atoms with Gasteiger partial charge in [0.25, 0.3) is 0 Å². The summed E-state index contributed by atoms with van der Waals surface area (Å²) in [5, 5.41) is 15.7. The molecule has 0 unspecified atom stereocenters. The van der Waals surface area contributed by atoms with Crippen molar-refractivity contribution < 1.29 is 4.79 Å². The average Bonchev–Trinajstić information content (AvgIpc) is 3.15. The maximum atomic E-state index is 12.1. The second kappa shape index (κ2) is 9.96. The van der Waals surface area contributed by atoms with Gasteiger partial charge in [-0.3, -0.25) is 4.79 Å². The molecular weight excluding hydrogens is 426 g/mol. The third-order valence-electron chi connectivity index (χ3n) is 4.10. The fourth-order valence-electron chi connectivity index (χ4n) is 2.40. The molecule has 0 bridgehead atoms. The van der Waals surface area contributed by atoms with Crippen LogP contribution in [0.5, 0.6) is 0 Å². The molecule has 2 aromatic carbocycles. The van der Waals surface area contributed by atoms with Crippen LogP contribution in [-0.4, -0.2) is 36.0 Å². The third kappa shape index (κ3) is 6.35. The van der Waals surface area contributed by atoms with E-state index in [1.54, 1.807) is 0 Å². The summed E-state index contributed by atoms with van der Waals surface area (Å²) in [6.07, 6.45) is 0. The average molecular weight is 448 g/mol. The zero-order valence-electron chi connectivity index (χ0n) is 16.4. The van der Waals surface area contributed by atoms with Crippen LogP contribution in [0.25, 0.3) is 0 Å². The van der Waals surface area contributed by atoms with Crippen LogP contribution in [-0.2, 0) is 11.3 Å². The van der Waals surface area contributed by atoms with E-state index in [0.29, 0.717) is 22.5 Å². The van der Waals surface area contributed by atoms with Crippen molar-refractivity contribution in [1.29, 1.82) is 0 Å². The van der Waals surface area contributed by atoms with Crippen LogP contribution in [0, 0.1) is 6.92 Å². The molecule has 0 spiro atoms. The number of halogens is 1. The van der Waals surface area contributed by atoms with Gasteiger partial charge in [0.15, 0.2) is 4.34 Å². The topological polar surface area (TPSA) is 70.1 Å². The molecule has 6 nitrogen and oxygen atoms in total. The van der Waals surface area contributed by atoms with E-state index < -0.39 is 0 Å². The number of benzene rings is 2. The Morgan fingerprint density at radius 2 is 1.93 bits per heavy atom. The van der Waals surface area contributed by atoms with E-state index in [1.807, 2.05) is 68.4 Å². The predicted octanol–water partition coefficient (Wildman–Crippen LogP) is 4.72. The van der Waals surface area contributed by atoms with Crippen LogP contribution >= 0.6 is 34.7 Å². The van der Waals surface area contributed by atoms with E-state index >= 15 is 0 Å². The summed E-state index contributed by atoms with van der Waals surface area (Å²) < 4.78 is 0.733. The zero-order valence-corrected chi connectivity index (χ0v) is 18.8. The summed E-state index contributed by atoms with van der Waals surface area (Å²) in [4.78, 5) is 14.2. The molecule has 0 atom stereocenters. The minimum absolute atomic E-state index is 0.0401. The lowest BCUT2D eigenvalue weighted by atomic mass is 10.2. The molecule has 0 radical (unpaired) electrons. The van der Waals surface area contributed by atoms with Gasteiger partial charge in [0.2, 0.25) is 11.0 Å². The van der Waals surface area contributed by atoms with Gasteiger partial charge in [-0.1, -0.05) is 52.9 Å². The summed E-state index contributed by atoms with van der Waals surface area (Å²) in [7, 11) is 4.00. The fourth-order valence-corrected chi connectivity index (χ4v) is 4.19. The molecule has 0 aliphatic carbocycles. The number of carbonyl (C=O) groups is 1. The largest absolute Gasteiger partial charge is 0.378 e. The van der Waals surface area contributed by atoms with Gasteiger partial charge in [0.05, 0.1) is 5.75 Å². The Kier molecular flexibility index (Phi) is 7.35. The monoisotopic (exact) mass is 447 g/mol. The first-order chi connectivity index (χ1) is 13.9. The minimum atomic E-state index is -0.0401. The Bertz CT molecular complexity index is 975. The number of rotatable bonds is 8. The number of amides is 1. The Morgan fingerprint density at radius 3 is 2.62 bits per heavy atom. The number of nitrogens with one attached hydrogen (secondary N) is 2. The zero-order chi connectivity index (χ0) is 20.8. The quantitative estimate of drug-likeness (QED) is 0.487. The minimum Gasteiger partial charge on any atom is -0.378 e. The van der Waals surface area contributed by atoms with Gasteiger partial charge >= 0.3 is 0 Å². The number of thioether (sulfide) groups is 1. The van der Waals surface area contributed by atoms with E-state index in [9.17, 15) is 4.79 Å². The van der Waals surface area contributed by atoms with Crippen molar-refractivity contribution in [3.63, 3.8) is 0 Å². The highest BCUT2D eigenvalue weighted by Gasteiger charge is 2.09. The number of aryl methyl sites for hydroxylation is 1. The molecule has 0 fully saturated rings. The normalized spacial score (nSPS) is 10.6. The van der Waals surface area contributed by atoms with Crippen LogP contribution in [0.4, 0.5) is 16.5 Å². The van der Waals surface area contributed by atoms with Crippen LogP contribution in [0.15, 0.2) is 46.8 Å². The van der Waals surface area contributed by atoms with Crippen LogP contribution in [0.3, 0.4) is 0 Å². The van der Waals surface area contributed by atoms with Gasteiger partial charge in [-0.2, -0.15) is 0 Å². The van der Waals surface area contributed by atoms with Gasteiger partial charge < -0.3 is 15.5 Å². The van der Waals surface area contributed by atoms with Crippen molar-refractivity contribution in [1.82, 2.24) is 15.5 Å². The van der Waals surface area contributed by atoms with Gasteiger partial charge in [0.1, 0.15) is 0 Å². The predicted molar refractivity (Wildman–Crippen MR) is 123 cm³/mol. The smallest absolute Gasteiger partial charge is 0.230 e. The first kappa shape index (κ1) is 21.4. The summed E-state index contributed by atoms with van der Waals surface area (Å²) in [6.45, 7) is 2.46. The van der Waals surface area contributed by atoms with E-state index in [-0.39, 0.29) is 5.91 Å². The van der Waals surface area contributed by atoms with E-state index in [4.69, 9.17) is 11.6 Å². The molecule has 0 aliphatic heterocycles. The molecule has 1 heterocycles. The second-order valence-electron chi connectivity index (χ2n) is 6.59. The van der Waals surface area contributed by atoms with Crippen molar-refractivity contribution in [2.24, 2.45) is 0 Å². The molecule has 0 saturated carbocycles. The van der Waals surface area contributed by atoms with Gasteiger partial charge in [0, 0.05) is 37.0 Å². The first-order valence-electron chi connectivity index (χ1n) is 8.93. The lowest BCUT2D eigenvalue weighted by Crippen LogP contribution is -2.24. The Hall–Kier alpha value is -2.29. The molecule has 2 N–H and O–H groups in total. The summed E-state index contributed by atoms with van der Waals surface area (Å²) in [5.41, 5.74) is 4.06. The molecule has 9 heteroatoms. The van der Waals surface area contributed by atoms with Gasteiger partial charge in [-0.05, 0) is 42.3 Å². The first-order valence-corrected chi connectivity index (χ1v) is 11.1. The number of anilines is 3. The van der Waals surface area contributed by atoms with Crippen molar-refractivity contribution in [2.45, 2.75) is 17.8 Å². The maximum absolute atomic E-state index is 12.1. The molecule has 1 aromatic heterocycles. The van der Waals surface area contributed by atoms with Crippen LogP contribution in [0.1, 0.15) is 11.1 Å². The summed E-state index contributed by atoms with van der Waals surface area (Å²) in [5.74, 6) is 0.252. The SMILES string of the molecule is Cc1ccc(Nc2nnc(SCC(=O)NCc3ccc(N(C)C)cc3)s2)cc1Cl. The molecule has 1 amide bonds. The number of hydrogen-bond donors (Lipinski definition) is 2. The molecule has 0 saturated heterocycles. The van der Waals surface area contributed by atoms with Crippen molar-refractivity contribution >= 4 is 57.1 Å². The summed E-state index contributed by atoms with van der Waals surface area (Å²) in [6, 6.07) is 13.8. The number of carbonyl (C=O) groups excluding carboxylic acids is 1. The molecule has 29 heavy (non-hydrogen) atoms. The third-order valence-corrected chi connectivity index (χ3v) is 6.48. The highest BCUT2D eigenvalue weighted by atomic mass is 35.5. The fraction of sp³-hybridized carbons (Fsp3) is 0.250. The van der Waals surface area contributed by atoms with E-state index in [0.717, 1.165) is 26.8 Å². The highest BCUT2D eigenvalue weighted by Crippen LogP contribution is 2.29. The Balaban J connectivity index is 1.45. The number of hydrogen-bond acceptors (Lipinski definition) is 7. The van der Waals surface area contributed by atoms with Gasteiger partial charge in [-0.25, -0.2) is 0 Å². The molecule has 152 valence electrons. The molecule has 3 rings (SSSR count). The van der Waals surface area contributed by atoms with Crippen molar-refractivity contribution in [2.75, 3.05) is 30.1 Å². The Morgan fingerprint density at radius 1 is 1.17 bits per heavy atom. The maximum Gasteiger partial charge on any atom is 0.230 e. The standard InChI is InChI=1S/C20H22ClN5OS2/c1-13-4-7-15(10-17(13)21)23-19-24-25-20(29-19)28-12-18(27)22-11-14-5-8-16(9-6-14)26(2)3/h4-10H,11-12H2,1-3H3,(H,22,27)(H,23,24).